The average molecular weight is 1170 g/mol. The van der Waals surface area contributed by atoms with Gasteiger partial charge in [0.25, 0.3) is 46.4 Å². The van der Waals surface area contributed by atoms with Gasteiger partial charge < -0.3 is 39.6 Å². The third-order valence-electron chi connectivity index (χ3n) is 11.0. The standard InChI is InChI=1S/C44H36N10O21S4/c1-73-23-5-10-28(35(17-23)78(67,68)69)48-49-30-19-33(75-15-13-56)31(20-32(30)74-14-12-55)50-51-38-36(79(70,71)72)18-27-25(41(38)57)9-11-29-37(27)46-42(45-29)26-8-2-21(16-34(26)77(64,65)66)47-52-39-40(44(59)60)53-54(43(39)58)22-3-6-24(7-4-22)76(61,62)63/h2-11,16-20,39,55-57H,12-15H2,1H3,(H,45,46)(H,59,60)(H,61,62,63)(H,64,65,66)(H,67,68,69)(H,70,71,72)/b49-48+,51-50+,52-47+. The number of fused-ring (bicyclic) bond motifs is 3. The lowest BCUT2D eigenvalue weighted by molar-refractivity contribution is -0.130. The van der Waals surface area contributed by atoms with E-state index in [-0.39, 0.29) is 92.1 Å². The van der Waals surface area contributed by atoms with Crippen LogP contribution in [-0.4, -0.2) is 139 Å². The van der Waals surface area contributed by atoms with E-state index in [4.69, 9.17) is 14.2 Å². The van der Waals surface area contributed by atoms with Crippen LogP contribution in [0.5, 0.6) is 23.0 Å². The Labute approximate surface area is 443 Å². The maximum atomic E-state index is 13.3. The highest BCUT2D eigenvalue weighted by Crippen LogP contribution is 2.46. The van der Waals surface area contributed by atoms with Gasteiger partial charge in [-0.1, -0.05) is 0 Å². The fourth-order valence-electron chi connectivity index (χ4n) is 7.43. The molecule has 1 atom stereocenters. The number of benzene rings is 6. The quantitative estimate of drug-likeness (QED) is 0.0331. The fourth-order valence-corrected chi connectivity index (χ4v) is 9.91. The molecule has 0 radical (unpaired) electrons. The van der Waals surface area contributed by atoms with Crippen molar-refractivity contribution in [2.45, 2.75) is 25.6 Å². The number of anilines is 1. The minimum Gasteiger partial charge on any atom is -0.505 e. The topological polar surface area (TPSA) is 479 Å². The summed E-state index contributed by atoms with van der Waals surface area (Å²) in [7, 11) is -18.8. The molecular weight excluding hydrogens is 1130 g/mol. The first-order valence-corrected chi connectivity index (χ1v) is 27.5. The smallest absolute Gasteiger partial charge is 0.355 e. The van der Waals surface area contributed by atoms with E-state index in [1.807, 2.05) is 0 Å². The summed E-state index contributed by atoms with van der Waals surface area (Å²) in [6.07, 6.45) is 0. The molecule has 412 valence electrons. The Kier molecular flexibility index (Phi) is 15.7. The van der Waals surface area contributed by atoms with E-state index in [2.05, 4.69) is 45.8 Å². The van der Waals surface area contributed by atoms with Crippen LogP contribution in [0.1, 0.15) is 0 Å². The minimum absolute atomic E-state index is 0.0515. The Morgan fingerprint density at radius 1 is 0.671 bits per heavy atom. The van der Waals surface area contributed by atoms with Crippen molar-refractivity contribution >= 4 is 114 Å². The molecule has 0 bridgehead atoms. The maximum Gasteiger partial charge on any atom is 0.355 e. The van der Waals surface area contributed by atoms with E-state index in [1.54, 1.807) is 0 Å². The van der Waals surface area contributed by atoms with Crippen molar-refractivity contribution in [2.24, 2.45) is 35.8 Å². The zero-order valence-electron chi connectivity index (χ0n) is 39.6. The Balaban J connectivity index is 1.16. The summed E-state index contributed by atoms with van der Waals surface area (Å²) in [5.41, 5.74) is -3.46. The molecule has 1 aromatic heterocycles. The van der Waals surface area contributed by atoms with E-state index in [0.29, 0.717) is 5.01 Å². The Hall–Kier alpha value is -8.78. The van der Waals surface area contributed by atoms with Crippen LogP contribution in [0.3, 0.4) is 0 Å². The average Bonchev–Trinajstić information content (AvgIpc) is 3.99. The molecule has 6 aromatic carbocycles. The number of aromatic amines is 1. The molecule has 1 amide bonds. The van der Waals surface area contributed by atoms with Crippen molar-refractivity contribution in [1.29, 1.82) is 0 Å². The third-order valence-corrected chi connectivity index (χ3v) is 14.5. The van der Waals surface area contributed by atoms with Crippen molar-refractivity contribution in [2.75, 3.05) is 38.5 Å². The van der Waals surface area contributed by atoms with Gasteiger partial charge in [-0.15, -0.1) is 20.5 Å². The van der Waals surface area contributed by atoms with Crippen molar-refractivity contribution in [3.05, 3.63) is 91.0 Å². The van der Waals surface area contributed by atoms with Crippen LogP contribution in [0.4, 0.5) is 34.1 Å². The van der Waals surface area contributed by atoms with E-state index in [1.165, 1.54) is 31.4 Å². The molecule has 1 aliphatic heterocycles. The number of carbonyl (C=O) groups is 2. The summed E-state index contributed by atoms with van der Waals surface area (Å²) >= 11 is 0. The molecule has 2 heterocycles. The van der Waals surface area contributed by atoms with E-state index in [0.717, 1.165) is 66.7 Å². The number of aliphatic hydroxyl groups is 2. The highest BCUT2D eigenvalue weighted by molar-refractivity contribution is 7.86. The van der Waals surface area contributed by atoms with Crippen molar-refractivity contribution in [3.8, 4) is 34.4 Å². The number of azo groups is 3. The zero-order valence-corrected chi connectivity index (χ0v) is 42.9. The van der Waals surface area contributed by atoms with Crippen LogP contribution in [0, 0.1) is 0 Å². The first kappa shape index (κ1) is 56.4. The number of aliphatic carboxylic acids is 1. The normalized spacial score (nSPS) is 14.6. The number of hydrazone groups is 1. The van der Waals surface area contributed by atoms with Gasteiger partial charge in [0, 0.05) is 34.5 Å². The third kappa shape index (κ3) is 12.0. The molecule has 1 unspecified atom stereocenters. The van der Waals surface area contributed by atoms with Gasteiger partial charge in [-0.2, -0.15) is 54.0 Å². The summed E-state index contributed by atoms with van der Waals surface area (Å²) < 4.78 is 155. The van der Waals surface area contributed by atoms with Crippen LogP contribution in [0.25, 0.3) is 33.2 Å². The Morgan fingerprint density at radius 2 is 1.28 bits per heavy atom. The first-order valence-electron chi connectivity index (χ1n) is 21.8. The molecule has 1 aliphatic rings. The van der Waals surface area contributed by atoms with Gasteiger partial charge in [-0.25, -0.2) is 9.78 Å². The first-order chi connectivity index (χ1) is 37.2. The predicted molar refractivity (Wildman–Crippen MR) is 270 cm³/mol. The molecule has 0 spiro atoms. The number of imidazole rings is 1. The van der Waals surface area contributed by atoms with Crippen LogP contribution in [0.2, 0.25) is 0 Å². The number of carboxylic acid groups (broad SMARTS) is 1. The summed E-state index contributed by atoms with van der Waals surface area (Å²) in [5.74, 6) is -4.42. The number of rotatable bonds is 20. The van der Waals surface area contributed by atoms with Gasteiger partial charge in [-0.05, 0) is 72.8 Å². The highest BCUT2D eigenvalue weighted by atomic mass is 32.2. The van der Waals surface area contributed by atoms with Gasteiger partial charge in [0.05, 0.1) is 47.6 Å². The second kappa shape index (κ2) is 21.9. The van der Waals surface area contributed by atoms with E-state index in [9.17, 15) is 81.9 Å². The number of aromatic hydroxyl groups is 1. The molecule has 8 rings (SSSR count). The van der Waals surface area contributed by atoms with Crippen molar-refractivity contribution in [1.82, 2.24) is 9.97 Å². The number of methoxy groups -OCH3 is 1. The number of hydrogen-bond donors (Lipinski definition) is 9. The number of aromatic nitrogens is 2. The minimum atomic E-state index is -5.34. The molecular formula is C44H36N10O21S4. The fraction of sp³-hybridized carbons (Fsp3) is 0.136. The number of nitrogens with one attached hydrogen (secondary N) is 1. The molecule has 0 saturated carbocycles. The molecule has 0 saturated heterocycles. The van der Waals surface area contributed by atoms with Gasteiger partial charge in [0.1, 0.15) is 73.7 Å². The lowest BCUT2D eigenvalue weighted by Crippen LogP contribution is -2.33. The van der Waals surface area contributed by atoms with E-state index >= 15 is 0 Å². The van der Waals surface area contributed by atoms with Gasteiger partial charge in [-0.3, -0.25) is 23.0 Å². The predicted octanol–water partition coefficient (Wildman–Crippen LogP) is 5.60. The highest BCUT2D eigenvalue weighted by Gasteiger charge is 2.41. The number of hydrogen-bond acceptors (Lipinski definition) is 24. The summed E-state index contributed by atoms with van der Waals surface area (Å²) in [6.45, 7) is -1.85. The molecule has 79 heavy (non-hydrogen) atoms. The van der Waals surface area contributed by atoms with Crippen LogP contribution in [-0.2, 0) is 50.1 Å². The monoisotopic (exact) mass is 1170 g/mol. The summed E-state index contributed by atoms with van der Waals surface area (Å²) in [6, 6.07) is 14.2. The number of ether oxygens (including phenoxy) is 3. The summed E-state index contributed by atoms with van der Waals surface area (Å²) in [4.78, 5) is 29.5. The number of aliphatic hydroxyl groups excluding tert-OH is 2. The van der Waals surface area contributed by atoms with Gasteiger partial charge in [0.2, 0.25) is 6.04 Å². The number of phenols is 1. The SMILES string of the molecule is COc1ccc(/N=N/c2cc(OCCO)c(/N=N/c3c(S(=O)(=O)O)cc4c(ccc5[nH]c(-c6ccc(/N=N/C7C(=O)N(c8ccc(S(=O)(=O)O)cc8)N=C7C(=O)O)cc6S(=O)(=O)O)nc54)c3O)cc2OCCO)c(S(=O)(=O)O)c1. The number of carbonyl (C=O) groups excluding carboxylic acids is 1. The lowest BCUT2D eigenvalue weighted by Gasteiger charge is -2.13. The second-order valence-corrected chi connectivity index (χ2v) is 21.6. The molecule has 9 N–H and O–H groups in total. The molecule has 7 aromatic rings. The van der Waals surface area contributed by atoms with Crippen molar-refractivity contribution < 1.29 is 96.1 Å². The maximum absolute atomic E-state index is 13.3. The Morgan fingerprint density at radius 3 is 1.85 bits per heavy atom. The van der Waals surface area contributed by atoms with Crippen molar-refractivity contribution in [3.63, 3.8) is 0 Å². The van der Waals surface area contributed by atoms with Crippen LogP contribution in [0.15, 0.2) is 146 Å². The second-order valence-electron chi connectivity index (χ2n) is 16.0. The van der Waals surface area contributed by atoms with Crippen LogP contribution >= 0.6 is 0 Å². The van der Waals surface area contributed by atoms with Crippen LogP contribution < -0.4 is 19.2 Å². The van der Waals surface area contributed by atoms with E-state index < -0.39 is 108 Å². The molecule has 0 fully saturated rings. The summed E-state index contributed by atoms with van der Waals surface area (Å²) in [5, 5.41) is 68.0. The molecule has 31 nitrogen and oxygen atoms in total. The zero-order chi connectivity index (χ0) is 57.4. The number of carboxylic acids is 1. The molecule has 0 aliphatic carbocycles. The van der Waals surface area contributed by atoms with Gasteiger partial charge in [0.15, 0.2) is 11.5 Å². The number of phenolic OH excluding ortho intramolecular Hbond substituents is 1. The number of nitrogens with zero attached hydrogens (tertiary/aromatic N) is 9. The van der Waals surface area contributed by atoms with Gasteiger partial charge >= 0.3 is 5.97 Å². The molecule has 35 heteroatoms. The lowest BCUT2D eigenvalue weighted by atomic mass is 10.1. The number of H-pyrrole nitrogens is 1. The number of amides is 1. The Bertz CT molecular complexity index is 4250. The largest absolute Gasteiger partial charge is 0.505 e.